The molecule has 0 aliphatic heterocycles. The third-order valence-corrected chi connectivity index (χ3v) is 5.64. The van der Waals surface area contributed by atoms with Crippen molar-refractivity contribution in [1.82, 2.24) is 5.32 Å². The molecule has 4 heteroatoms. The van der Waals surface area contributed by atoms with E-state index in [-0.39, 0.29) is 5.91 Å². The molecule has 0 saturated heterocycles. The Kier molecular flexibility index (Phi) is 8.91. The van der Waals surface area contributed by atoms with Gasteiger partial charge in [0.2, 0.25) is 5.91 Å². The van der Waals surface area contributed by atoms with E-state index in [2.05, 4.69) is 73.3 Å². The Balaban J connectivity index is 0.000000687. The number of rotatable bonds is 5. The Labute approximate surface area is 174 Å². The summed E-state index contributed by atoms with van der Waals surface area (Å²) < 4.78 is 3.86. The SMILES string of the molecule is COC=O.Cc1cc(C)c(CC(=O)NC2CCC(c3ccccc3)CC2)c(C)c1. The van der Waals surface area contributed by atoms with Crippen LogP contribution in [0.3, 0.4) is 0 Å². The lowest BCUT2D eigenvalue weighted by molar-refractivity contribution is -0.126. The van der Waals surface area contributed by atoms with E-state index < -0.39 is 0 Å². The van der Waals surface area contributed by atoms with Crippen LogP contribution < -0.4 is 5.32 Å². The van der Waals surface area contributed by atoms with Crippen molar-refractivity contribution in [2.45, 2.75) is 64.8 Å². The molecule has 1 saturated carbocycles. The minimum absolute atomic E-state index is 0.165. The number of carbonyl (C=O) groups excluding carboxylic acids is 2. The molecule has 156 valence electrons. The van der Waals surface area contributed by atoms with Crippen LogP contribution in [0.4, 0.5) is 0 Å². The molecule has 3 rings (SSSR count). The standard InChI is InChI=1S/C23H29NO.C2H4O2/c1-16-13-17(2)22(18(3)14-16)15-23(25)24-21-11-9-20(10-12-21)19-7-5-4-6-8-19;1-4-2-3/h4-8,13-14,20-21H,9-12,15H2,1-3H3,(H,24,25);2H,1H3. The molecule has 2 aromatic rings. The van der Waals surface area contributed by atoms with Crippen LogP contribution in [0, 0.1) is 20.8 Å². The van der Waals surface area contributed by atoms with Gasteiger partial charge in [0.25, 0.3) is 6.47 Å². The number of methoxy groups -OCH3 is 1. The number of nitrogens with one attached hydrogen (secondary N) is 1. The Morgan fingerprint density at radius 1 is 1.03 bits per heavy atom. The Morgan fingerprint density at radius 3 is 2.10 bits per heavy atom. The molecule has 1 fully saturated rings. The summed E-state index contributed by atoms with van der Waals surface area (Å²) in [6.45, 7) is 6.69. The van der Waals surface area contributed by atoms with Crippen LogP contribution in [0.5, 0.6) is 0 Å². The van der Waals surface area contributed by atoms with Crippen molar-refractivity contribution < 1.29 is 14.3 Å². The summed E-state index contributed by atoms with van der Waals surface area (Å²) >= 11 is 0. The summed E-state index contributed by atoms with van der Waals surface area (Å²) in [6.07, 6.45) is 4.99. The van der Waals surface area contributed by atoms with E-state index in [9.17, 15) is 4.79 Å². The molecule has 1 N–H and O–H groups in total. The van der Waals surface area contributed by atoms with Gasteiger partial charge in [-0.2, -0.15) is 0 Å². The Bertz CT molecular complexity index is 770. The molecule has 0 radical (unpaired) electrons. The van der Waals surface area contributed by atoms with Gasteiger partial charge in [0, 0.05) is 6.04 Å². The molecule has 0 atom stereocenters. The van der Waals surface area contributed by atoms with Crippen LogP contribution in [-0.2, 0) is 20.7 Å². The monoisotopic (exact) mass is 395 g/mol. The van der Waals surface area contributed by atoms with Crippen molar-refractivity contribution in [2.75, 3.05) is 7.11 Å². The zero-order valence-electron chi connectivity index (χ0n) is 18.0. The second-order valence-corrected chi connectivity index (χ2v) is 7.91. The van der Waals surface area contributed by atoms with E-state index in [1.807, 2.05) is 0 Å². The van der Waals surface area contributed by atoms with Crippen LogP contribution in [-0.4, -0.2) is 25.5 Å². The van der Waals surface area contributed by atoms with Gasteiger partial charge in [0.05, 0.1) is 13.5 Å². The molecule has 0 bridgehead atoms. The first-order valence-corrected chi connectivity index (χ1v) is 10.3. The first-order valence-electron chi connectivity index (χ1n) is 10.3. The second-order valence-electron chi connectivity index (χ2n) is 7.91. The van der Waals surface area contributed by atoms with E-state index in [4.69, 9.17) is 4.79 Å². The zero-order chi connectivity index (χ0) is 21.2. The minimum atomic E-state index is 0.165. The van der Waals surface area contributed by atoms with Crippen molar-refractivity contribution in [1.29, 1.82) is 0 Å². The van der Waals surface area contributed by atoms with Crippen LogP contribution in [0.25, 0.3) is 0 Å². The van der Waals surface area contributed by atoms with Crippen molar-refractivity contribution in [2.24, 2.45) is 0 Å². The van der Waals surface area contributed by atoms with Crippen molar-refractivity contribution in [3.8, 4) is 0 Å². The lowest BCUT2D eigenvalue weighted by Gasteiger charge is -2.29. The third kappa shape index (κ3) is 7.04. The number of benzene rings is 2. The maximum Gasteiger partial charge on any atom is 0.292 e. The third-order valence-electron chi connectivity index (χ3n) is 5.64. The topological polar surface area (TPSA) is 55.4 Å². The summed E-state index contributed by atoms with van der Waals surface area (Å²) in [5, 5.41) is 3.27. The number of amides is 1. The molecule has 2 aromatic carbocycles. The highest BCUT2D eigenvalue weighted by molar-refractivity contribution is 5.79. The molecule has 29 heavy (non-hydrogen) atoms. The summed E-state index contributed by atoms with van der Waals surface area (Å²) in [5.41, 5.74) is 6.33. The van der Waals surface area contributed by atoms with E-state index in [0.717, 1.165) is 25.7 Å². The first kappa shape index (κ1) is 22.7. The van der Waals surface area contributed by atoms with Gasteiger partial charge in [-0.25, -0.2) is 0 Å². The molecule has 0 heterocycles. The van der Waals surface area contributed by atoms with Gasteiger partial charge in [-0.05, 0) is 74.6 Å². The predicted molar refractivity (Wildman–Crippen MR) is 117 cm³/mol. The molecule has 0 unspecified atom stereocenters. The molecule has 1 aliphatic rings. The summed E-state index contributed by atoms with van der Waals surface area (Å²) in [7, 11) is 1.31. The highest BCUT2D eigenvalue weighted by Crippen LogP contribution is 2.32. The molecule has 0 aromatic heterocycles. The maximum absolute atomic E-state index is 12.5. The molecule has 0 spiro atoms. The fourth-order valence-corrected chi connectivity index (χ4v) is 4.22. The maximum atomic E-state index is 12.5. The van der Waals surface area contributed by atoms with Gasteiger partial charge in [0.1, 0.15) is 0 Å². The number of hydrogen-bond donors (Lipinski definition) is 1. The van der Waals surface area contributed by atoms with Gasteiger partial charge < -0.3 is 10.1 Å². The van der Waals surface area contributed by atoms with Gasteiger partial charge in [-0.3, -0.25) is 9.59 Å². The average Bonchev–Trinajstić information content (AvgIpc) is 2.72. The van der Waals surface area contributed by atoms with E-state index in [1.54, 1.807) is 0 Å². The van der Waals surface area contributed by atoms with E-state index in [0.29, 0.717) is 24.9 Å². The normalized spacial score (nSPS) is 18.2. The largest absolute Gasteiger partial charge is 0.471 e. The Morgan fingerprint density at radius 2 is 1.59 bits per heavy atom. The number of hydrogen-bond acceptors (Lipinski definition) is 3. The highest BCUT2D eigenvalue weighted by atomic mass is 16.5. The average molecular weight is 396 g/mol. The van der Waals surface area contributed by atoms with Crippen LogP contribution in [0.1, 0.15) is 59.4 Å². The predicted octanol–water partition coefficient (Wildman–Crippen LogP) is 4.79. The smallest absolute Gasteiger partial charge is 0.292 e. The number of ether oxygens (including phenoxy) is 1. The van der Waals surface area contributed by atoms with Gasteiger partial charge in [0.15, 0.2) is 0 Å². The molecule has 1 aliphatic carbocycles. The molecule has 4 nitrogen and oxygen atoms in total. The quantitative estimate of drug-likeness (QED) is 0.741. The summed E-state index contributed by atoms with van der Waals surface area (Å²) in [4.78, 5) is 21.5. The van der Waals surface area contributed by atoms with Gasteiger partial charge >= 0.3 is 0 Å². The molecular formula is C25H33NO3. The minimum Gasteiger partial charge on any atom is -0.471 e. The second kappa shape index (κ2) is 11.4. The lowest BCUT2D eigenvalue weighted by Crippen LogP contribution is -2.38. The number of aryl methyl sites for hydroxylation is 3. The summed E-state index contributed by atoms with van der Waals surface area (Å²) in [6, 6.07) is 15.4. The van der Waals surface area contributed by atoms with Crippen molar-refractivity contribution >= 4 is 12.4 Å². The van der Waals surface area contributed by atoms with Crippen LogP contribution in [0.2, 0.25) is 0 Å². The van der Waals surface area contributed by atoms with Crippen molar-refractivity contribution in [3.63, 3.8) is 0 Å². The fraction of sp³-hybridized carbons (Fsp3) is 0.440. The van der Waals surface area contributed by atoms with Gasteiger partial charge in [-0.15, -0.1) is 0 Å². The van der Waals surface area contributed by atoms with Gasteiger partial charge in [-0.1, -0.05) is 48.0 Å². The van der Waals surface area contributed by atoms with E-state index in [1.165, 1.54) is 34.9 Å². The first-order chi connectivity index (χ1) is 13.9. The zero-order valence-corrected chi connectivity index (χ0v) is 18.0. The fourth-order valence-electron chi connectivity index (χ4n) is 4.22. The molecular weight excluding hydrogens is 362 g/mol. The van der Waals surface area contributed by atoms with Crippen LogP contribution in [0.15, 0.2) is 42.5 Å². The Hall–Kier alpha value is -2.62. The molecule has 1 amide bonds. The van der Waals surface area contributed by atoms with Crippen LogP contribution >= 0.6 is 0 Å². The van der Waals surface area contributed by atoms with Crippen molar-refractivity contribution in [3.05, 3.63) is 70.3 Å². The van der Waals surface area contributed by atoms with E-state index >= 15 is 0 Å². The lowest BCUT2D eigenvalue weighted by atomic mass is 9.81. The highest BCUT2D eigenvalue weighted by Gasteiger charge is 2.23. The number of carbonyl (C=O) groups is 2. The summed E-state index contributed by atoms with van der Waals surface area (Å²) in [5.74, 6) is 0.814.